The number of nitrogens with zero attached hydrogens (tertiary/aromatic N) is 1. The van der Waals surface area contributed by atoms with Gasteiger partial charge in [-0.1, -0.05) is 12.1 Å². The Kier molecular flexibility index (Phi) is 5.57. The fourth-order valence-electron chi connectivity index (χ4n) is 2.93. The van der Waals surface area contributed by atoms with Gasteiger partial charge in [-0.05, 0) is 71.2 Å². The van der Waals surface area contributed by atoms with E-state index in [0.717, 1.165) is 31.5 Å². The van der Waals surface area contributed by atoms with Gasteiger partial charge in [0.15, 0.2) is 0 Å². The van der Waals surface area contributed by atoms with Gasteiger partial charge in [-0.25, -0.2) is 0 Å². The van der Waals surface area contributed by atoms with E-state index < -0.39 is 0 Å². The molecule has 23 heavy (non-hydrogen) atoms. The number of hydrogen-bond donors (Lipinski definition) is 0. The van der Waals surface area contributed by atoms with Crippen molar-refractivity contribution < 1.29 is 4.79 Å². The van der Waals surface area contributed by atoms with E-state index in [1.54, 1.807) is 29.2 Å². The summed E-state index contributed by atoms with van der Waals surface area (Å²) in [4.78, 5) is 15.5. The van der Waals surface area contributed by atoms with E-state index in [4.69, 9.17) is 0 Å². The number of likely N-dealkylation sites (tertiary alicyclic amines) is 1. The van der Waals surface area contributed by atoms with Crippen LogP contribution >= 0.6 is 23.1 Å². The van der Waals surface area contributed by atoms with Gasteiger partial charge in [0.05, 0.1) is 0 Å². The number of carbonyl (C=O) groups excluding carboxylic acids is 1. The molecule has 2 nitrogen and oxygen atoms in total. The Bertz CT molecular complexity index is 653. The van der Waals surface area contributed by atoms with Gasteiger partial charge in [0.25, 0.3) is 0 Å². The molecule has 1 aliphatic heterocycles. The lowest BCUT2D eigenvalue weighted by atomic mass is 9.91. The summed E-state index contributed by atoms with van der Waals surface area (Å²) in [5.41, 5.74) is 2.51. The predicted molar refractivity (Wildman–Crippen MR) is 100 cm³/mol. The van der Waals surface area contributed by atoms with Crippen LogP contribution in [0.2, 0.25) is 0 Å². The number of hydrogen-bond acceptors (Lipinski definition) is 3. The molecule has 1 saturated heterocycles. The second-order valence-electron chi connectivity index (χ2n) is 5.76. The third-order valence-corrected chi connectivity index (χ3v) is 5.80. The van der Waals surface area contributed by atoms with Crippen LogP contribution in [0.3, 0.4) is 0 Å². The number of piperidine rings is 1. The van der Waals surface area contributed by atoms with E-state index in [2.05, 4.69) is 47.3 Å². The topological polar surface area (TPSA) is 20.3 Å². The first-order valence-corrected chi connectivity index (χ1v) is 10.1. The molecule has 0 bridgehead atoms. The highest BCUT2D eigenvalue weighted by Gasteiger charge is 2.22. The molecule has 120 valence electrons. The van der Waals surface area contributed by atoms with E-state index in [1.165, 1.54) is 10.5 Å². The minimum atomic E-state index is 0.128. The summed E-state index contributed by atoms with van der Waals surface area (Å²) in [7, 11) is 0. The Morgan fingerprint density at radius 3 is 2.57 bits per heavy atom. The molecule has 1 aliphatic rings. The highest BCUT2D eigenvalue weighted by molar-refractivity contribution is 7.98. The van der Waals surface area contributed by atoms with Crippen molar-refractivity contribution >= 4 is 35.1 Å². The first kappa shape index (κ1) is 16.3. The summed E-state index contributed by atoms with van der Waals surface area (Å²) in [6.45, 7) is 1.71. The molecule has 0 radical (unpaired) electrons. The summed E-state index contributed by atoms with van der Waals surface area (Å²) in [6, 6.07) is 10.5. The minimum absolute atomic E-state index is 0.128. The Morgan fingerprint density at radius 2 is 1.96 bits per heavy atom. The smallest absolute Gasteiger partial charge is 0.246 e. The van der Waals surface area contributed by atoms with Crippen molar-refractivity contribution in [1.29, 1.82) is 0 Å². The van der Waals surface area contributed by atoms with Gasteiger partial charge in [0.1, 0.15) is 0 Å². The molecule has 2 heterocycles. The van der Waals surface area contributed by atoms with E-state index in [1.807, 2.05) is 11.0 Å². The van der Waals surface area contributed by atoms with Crippen molar-refractivity contribution in [3.8, 4) is 0 Å². The van der Waals surface area contributed by atoms with Crippen molar-refractivity contribution in [3.63, 3.8) is 0 Å². The zero-order valence-electron chi connectivity index (χ0n) is 13.3. The summed E-state index contributed by atoms with van der Waals surface area (Å²) in [6.07, 6.45) is 7.82. The molecule has 1 aromatic heterocycles. The van der Waals surface area contributed by atoms with Gasteiger partial charge in [-0.15, -0.1) is 11.8 Å². The molecular weight excluding hydrogens is 322 g/mol. The lowest BCUT2D eigenvalue weighted by Gasteiger charge is -2.31. The molecule has 0 aliphatic carbocycles. The van der Waals surface area contributed by atoms with Crippen LogP contribution in [0, 0.1) is 0 Å². The highest BCUT2D eigenvalue weighted by atomic mass is 32.2. The van der Waals surface area contributed by atoms with Crippen LogP contribution in [-0.4, -0.2) is 30.2 Å². The quantitative estimate of drug-likeness (QED) is 0.582. The lowest BCUT2D eigenvalue weighted by molar-refractivity contribution is -0.126. The lowest BCUT2D eigenvalue weighted by Crippen LogP contribution is -2.36. The third kappa shape index (κ3) is 4.27. The van der Waals surface area contributed by atoms with Crippen molar-refractivity contribution in [2.45, 2.75) is 23.7 Å². The Morgan fingerprint density at radius 1 is 1.22 bits per heavy atom. The fraction of sp³-hybridized carbons (Fsp3) is 0.316. The maximum absolute atomic E-state index is 12.3. The summed E-state index contributed by atoms with van der Waals surface area (Å²) in [5.74, 6) is 0.746. The zero-order chi connectivity index (χ0) is 16.1. The molecule has 0 N–H and O–H groups in total. The van der Waals surface area contributed by atoms with Crippen molar-refractivity contribution in [2.24, 2.45) is 0 Å². The second kappa shape index (κ2) is 7.84. The molecule has 2 aromatic rings. The number of amides is 1. The van der Waals surface area contributed by atoms with Crippen LogP contribution in [0.4, 0.5) is 0 Å². The summed E-state index contributed by atoms with van der Waals surface area (Å²) >= 11 is 3.48. The first-order valence-electron chi connectivity index (χ1n) is 7.89. The van der Waals surface area contributed by atoms with Crippen LogP contribution in [0.1, 0.15) is 29.9 Å². The predicted octanol–water partition coefficient (Wildman–Crippen LogP) is 4.89. The van der Waals surface area contributed by atoms with Crippen LogP contribution in [0.5, 0.6) is 0 Å². The molecule has 0 spiro atoms. The Hall–Kier alpha value is -1.52. The maximum Gasteiger partial charge on any atom is 0.246 e. The summed E-state index contributed by atoms with van der Waals surface area (Å²) in [5, 5.41) is 4.37. The van der Waals surface area contributed by atoms with Crippen LogP contribution in [-0.2, 0) is 4.79 Å². The molecule has 1 fully saturated rings. The van der Waals surface area contributed by atoms with Crippen LogP contribution < -0.4 is 0 Å². The SMILES string of the molecule is CSc1ccc(C=CC(=O)N2CCC(c3ccsc3)CC2)cc1. The van der Waals surface area contributed by atoms with Crippen molar-refractivity contribution in [3.05, 3.63) is 58.3 Å². The standard InChI is InChI=1S/C19H21NOS2/c1-22-18-5-2-15(3-6-18)4-7-19(21)20-11-8-16(9-12-20)17-10-13-23-14-17/h2-7,10,13-14,16H,8-9,11-12H2,1H3. The molecule has 4 heteroatoms. The van der Waals surface area contributed by atoms with Gasteiger partial charge in [0, 0.05) is 24.1 Å². The molecule has 0 unspecified atom stereocenters. The monoisotopic (exact) mass is 343 g/mol. The van der Waals surface area contributed by atoms with Crippen LogP contribution in [0.15, 0.2) is 52.1 Å². The highest BCUT2D eigenvalue weighted by Crippen LogP contribution is 2.29. The van der Waals surface area contributed by atoms with E-state index in [9.17, 15) is 4.79 Å². The van der Waals surface area contributed by atoms with Crippen molar-refractivity contribution in [2.75, 3.05) is 19.3 Å². The minimum Gasteiger partial charge on any atom is -0.339 e. The molecule has 0 atom stereocenters. The van der Waals surface area contributed by atoms with Gasteiger partial charge in [0.2, 0.25) is 5.91 Å². The van der Waals surface area contributed by atoms with Gasteiger partial charge >= 0.3 is 0 Å². The largest absolute Gasteiger partial charge is 0.339 e. The molecule has 3 rings (SSSR count). The summed E-state index contributed by atoms with van der Waals surface area (Å²) < 4.78 is 0. The average molecular weight is 344 g/mol. The fourth-order valence-corrected chi connectivity index (χ4v) is 4.08. The zero-order valence-corrected chi connectivity index (χ0v) is 14.9. The average Bonchev–Trinajstić information content (AvgIpc) is 3.15. The Labute approximate surface area is 146 Å². The van der Waals surface area contributed by atoms with Crippen LogP contribution in [0.25, 0.3) is 6.08 Å². The number of thioether (sulfide) groups is 1. The normalized spacial score (nSPS) is 16.1. The van der Waals surface area contributed by atoms with Gasteiger partial charge in [-0.2, -0.15) is 11.3 Å². The van der Waals surface area contributed by atoms with Gasteiger partial charge < -0.3 is 4.90 Å². The first-order chi connectivity index (χ1) is 11.3. The number of benzene rings is 1. The molecule has 0 saturated carbocycles. The molecule has 1 aromatic carbocycles. The van der Waals surface area contributed by atoms with Gasteiger partial charge in [-0.3, -0.25) is 4.79 Å². The Balaban J connectivity index is 1.53. The van der Waals surface area contributed by atoms with E-state index >= 15 is 0 Å². The number of thiophene rings is 1. The molecular formula is C19H21NOS2. The third-order valence-electron chi connectivity index (χ3n) is 4.36. The second-order valence-corrected chi connectivity index (χ2v) is 7.42. The number of rotatable bonds is 4. The number of carbonyl (C=O) groups is 1. The molecule has 1 amide bonds. The van der Waals surface area contributed by atoms with Crippen molar-refractivity contribution in [1.82, 2.24) is 4.90 Å². The maximum atomic E-state index is 12.3. The van der Waals surface area contributed by atoms with E-state index in [-0.39, 0.29) is 5.91 Å². The van der Waals surface area contributed by atoms with E-state index in [0.29, 0.717) is 5.92 Å².